The molecular formula is C25H23FN4O2S. The van der Waals surface area contributed by atoms with Crippen molar-refractivity contribution in [3.8, 4) is 11.4 Å². The highest BCUT2D eigenvalue weighted by Crippen LogP contribution is 2.25. The van der Waals surface area contributed by atoms with Crippen molar-refractivity contribution < 1.29 is 13.9 Å². The van der Waals surface area contributed by atoms with E-state index in [9.17, 15) is 9.18 Å². The van der Waals surface area contributed by atoms with E-state index in [2.05, 4.69) is 27.6 Å². The normalized spacial score (nSPS) is 10.7. The smallest absolute Gasteiger partial charge is 0.251 e. The summed E-state index contributed by atoms with van der Waals surface area (Å²) >= 11 is 1.59. The number of carbonyl (C=O) groups is 1. The first-order valence-electron chi connectivity index (χ1n) is 10.4. The minimum Gasteiger partial charge on any atom is -0.497 e. The molecule has 0 saturated heterocycles. The highest BCUT2D eigenvalue weighted by atomic mass is 32.2. The van der Waals surface area contributed by atoms with Gasteiger partial charge in [0.2, 0.25) is 0 Å². The van der Waals surface area contributed by atoms with E-state index in [0.29, 0.717) is 16.7 Å². The third-order valence-electron chi connectivity index (χ3n) is 4.97. The lowest BCUT2D eigenvalue weighted by Crippen LogP contribution is -2.24. The molecule has 4 rings (SSSR count). The molecule has 3 aromatic carbocycles. The van der Waals surface area contributed by atoms with Gasteiger partial charge < -0.3 is 10.1 Å². The minimum atomic E-state index is -0.459. The van der Waals surface area contributed by atoms with E-state index >= 15 is 0 Å². The average Bonchev–Trinajstić information content (AvgIpc) is 3.26. The standard InChI is InChI=1S/C25H23FN4O2S/c1-32-22-12-6-11-21(16-22)30-23(17-27-24(31)19-9-5-10-20(26)15-19)28-29-25(30)33-14-13-18-7-3-2-4-8-18/h2-12,15-16H,13-14,17H2,1H3,(H,27,31). The van der Waals surface area contributed by atoms with E-state index in [1.54, 1.807) is 24.9 Å². The van der Waals surface area contributed by atoms with Crippen molar-refractivity contribution in [2.45, 2.75) is 18.1 Å². The molecule has 0 aliphatic rings. The highest BCUT2D eigenvalue weighted by molar-refractivity contribution is 7.99. The number of aryl methyl sites for hydroxylation is 1. The Morgan fingerprint density at radius 3 is 2.64 bits per heavy atom. The van der Waals surface area contributed by atoms with E-state index in [4.69, 9.17) is 4.74 Å². The molecule has 0 bridgehead atoms. The summed E-state index contributed by atoms with van der Waals surface area (Å²) in [5.41, 5.74) is 2.33. The molecule has 1 amide bonds. The Morgan fingerprint density at radius 2 is 1.85 bits per heavy atom. The van der Waals surface area contributed by atoms with E-state index < -0.39 is 5.82 Å². The molecule has 168 valence electrons. The Bertz CT molecular complexity index is 1230. The van der Waals surface area contributed by atoms with E-state index in [1.165, 1.54) is 23.8 Å². The number of thioether (sulfide) groups is 1. The van der Waals surface area contributed by atoms with Crippen LogP contribution in [0.5, 0.6) is 5.75 Å². The van der Waals surface area contributed by atoms with Gasteiger partial charge in [0.05, 0.1) is 19.3 Å². The van der Waals surface area contributed by atoms with Gasteiger partial charge in [0.25, 0.3) is 5.91 Å². The van der Waals surface area contributed by atoms with Gasteiger partial charge in [-0.2, -0.15) is 0 Å². The van der Waals surface area contributed by atoms with Gasteiger partial charge in [-0.05, 0) is 42.3 Å². The molecule has 0 spiro atoms. The van der Waals surface area contributed by atoms with Crippen LogP contribution in [0.4, 0.5) is 4.39 Å². The van der Waals surface area contributed by atoms with E-state index in [0.717, 1.165) is 17.9 Å². The van der Waals surface area contributed by atoms with Crippen LogP contribution in [0.25, 0.3) is 5.69 Å². The number of carbonyl (C=O) groups excluding carboxylic acids is 1. The predicted molar refractivity (Wildman–Crippen MR) is 126 cm³/mol. The van der Waals surface area contributed by atoms with Crippen LogP contribution in [0.1, 0.15) is 21.7 Å². The summed E-state index contributed by atoms with van der Waals surface area (Å²) in [5.74, 6) is 1.25. The average molecular weight is 463 g/mol. The maximum Gasteiger partial charge on any atom is 0.251 e. The molecule has 33 heavy (non-hydrogen) atoms. The number of ether oxygens (including phenoxy) is 1. The number of hydrogen-bond donors (Lipinski definition) is 1. The van der Waals surface area contributed by atoms with Crippen LogP contribution < -0.4 is 10.1 Å². The zero-order chi connectivity index (χ0) is 23.0. The van der Waals surface area contributed by atoms with Crippen LogP contribution in [0.15, 0.2) is 84.0 Å². The van der Waals surface area contributed by atoms with Crippen LogP contribution in [0.2, 0.25) is 0 Å². The molecule has 4 aromatic rings. The molecule has 0 radical (unpaired) electrons. The zero-order valence-electron chi connectivity index (χ0n) is 18.1. The molecule has 0 saturated carbocycles. The van der Waals surface area contributed by atoms with Crippen molar-refractivity contribution in [3.63, 3.8) is 0 Å². The number of benzene rings is 3. The van der Waals surface area contributed by atoms with Gasteiger partial charge >= 0.3 is 0 Å². The number of amides is 1. The summed E-state index contributed by atoms with van der Waals surface area (Å²) in [7, 11) is 1.61. The second kappa shape index (κ2) is 10.8. The van der Waals surface area contributed by atoms with Crippen molar-refractivity contribution >= 4 is 17.7 Å². The van der Waals surface area contributed by atoms with Crippen molar-refractivity contribution in [1.29, 1.82) is 0 Å². The molecular weight excluding hydrogens is 439 g/mol. The lowest BCUT2D eigenvalue weighted by Gasteiger charge is -2.12. The molecule has 0 atom stereocenters. The molecule has 8 heteroatoms. The van der Waals surface area contributed by atoms with Crippen molar-refractivity contribution in [2.24, 2.45) is 0 Å². The van der Waals surface area contributed by atoms with Crippen molar-refractivity contribution in [3.05, 3.63) is 102 Å². The zero-order valence-corrected chi connectivity index (χ0v) is 18.9. The highest BCUT2D eigenvalue weighted by Gasteiger charge is 2.16. The molecule has 0 fully saturated rings. The number of rotatable bonds is 9. The Balaban J connectivity index is 1.54. The minimum absolute atomic E-state index is 0.138. The molecule has 0 unspecified atom stereocenters. The van der Waals surface area contributed by atoms with Gasteiger partial charge in [0, 0.05) is 17.4 Å². The first kappa shape index (κ1) is 22.5. The van der Waals surface area contributed by atoms with Crippen LogP contribution in [0.3, 0.4) is 0 Å². The van der Waals surface area contributed by atoms with Gasteiger partial charge in [-0.15, -0.1) is 10.2 Å². The number of methoxy groups -OCH3 is 1. The second-order valence-corrected chi connectivity index (χ2v) is 8.27. The molecule has 6 nitrogen and oxygen atoms in total. The first-order chi connectivity index (χ1) is 16.1. The maximum absolute atomic E-state index is 13.5. The predicted octanol–water partition coefficient (Wildman–Crippen LogP) is 4.68. The number of hydrogen-bond acceptors (Lipinski definition) is 5. The van der Waals surface area contributed by atoms with Crippen LogP contribution in [0, 0.1) is 5.82 Å². The Morgan fingerprint density at radius 1 is 1.03 bits per heavy atom. The van der Waals surface area contributed by atoms with Crippen LogP contribution >= 0.6 is 11.8 Å². The summed E-state index contributed by atoms with van der Waals surface area (Å²) in [4.78, 5) is 12.5. The van der Waals surface area contributed by atoms with Gasteiger partial charge in [0.1, 0.15) is 11.6 Å². The summed E-state index contributed by atoms with van der Waals surface area (Å²) in [5, 5.41) is 12.2. The van der Waals surface area contributed by atoms with Gasteiger partial charge in [0.15, 0.2) is 11.0 Å². The van der Waals surface area contributed by atoms with Crippen LogP contribution in [-0.4, -0.2) is 33.5 Å². The molecule has 0 aliphatic heterocycles. The Labute approximate surface area is 195 Å². The molecule has 1 heterocycles. The van der Waals surface area contributed by atoms with Gasteiger partial charge in [-0.3, -0.25) is 9.36 Å². The molecule has 1 N–H and O–H groups in total. The fourth-order valence-corrected chi connectivity index (χ4v) is 4.27. The lowest BCUT2D eigenvalue weighted by molar-refractivity contribution is 0.0949. The maximum atomic E-state index is 13.5. The van der Waals surface area contributed by atoms with E-state index in [-0.39, 0.29) is 18.0 Å². The topological polar surface area (TPSA) is 69.0 Å². The fraction of sp³-hybridized carbons (Fsp3) is 0.160. The van der Waals surface area contributed by atoms with Crippen molar-refractivity contribution in [2.75, 3.05) is 12.9 Å². The largest absolute Gasteiger partial charge is 0.497 e. The summed E-state index contributed by atoms with van der Waals surface area (Å²) in [6, 6.07) is 23.4. The number of nitrogens with one attached hydrogen (secondary N) is 1. The number of nitrogens with zero attached hydrogens (tertiary/aromatic N) is 3. The van der Waals surface area contributed by atoms with Crippen LogP contribution in [-0.2, 0) is 13.0 Å². The third-order valence-corrected chi connectivity index (χ3v) is 5.90. The number of aromatic nitrogens is 3. The van der Waals surface area contributed by atoms with E-state index in [1.807, 2.05) is 47.0 Å². The molecule has 0 aliphatic carbocycles. The summed E-state index contributed by atoms with van der Waals surface area (Å²) in [6.45, 7) is 0.138. The monoisotopic (exact) mass is 462 g/mol. The summed E-state index contributed by atoms with van der Waals surface area (Å²) < 4.78 is 20.8. The quantitative estimate of drug-likeness (QED) is 0.366. The van der Waals surface area contributed by atoms with Gasteiger partial charge in [-0.1, -0.05) is 54.2 Å². The SMILES string of the molecule is COc1cccc(-n2c(CNC(=O)c3cccc(F)c3)nnc2SCCc2ccccc2)c1. The van der Waals surface area contributed by atoms with Gasteiger partial charge in [-0.25, -0.2) is 4.39 Å². The lowest BCUT2D eigenvalue weighted by atomic mass is 10.2. The Hall–Kier alpha value is -3.65. The second-order valence-electron chi connectivity index (χ2n) is 7.21. The summed E-state index contributed by atoms with van der Waals surface area (Å²) in [6.07, 6.45) is 0.891. The first-order valence-corrected chi connectivity index (χ1v) is 11.4. The molecule has 1 aromatic heterocycles. The van der Waals surface area contributed by atoms with Crippen molar-refractivity contribution in [1.82, 2.24) is 20.1 Å². The fourth-order valence-electron chi connectivity index (χ4n) is 3.31. The Kier molecular flexibility index (Phi) is 7.36. The number of halogens is 1. The third kappa shape index (κ3) is 5.78.